The van der Waals surface area contributed by atoms with E-state index >= 15 is 0 Å². The monoisotopic (exact) mass is 480 g/mol. The fraction of sp³-hybridized carbons (Fsp3) is 0.522. The minimum Gasteiger partial charge on any atom is -0.490 e. The molecule has 9 heteroatoms. The third kappa shape index (κ3) is 5.43. The number of aliphatic hydroxyl groups excluding tert-OH is 1. The Labute approximate surface area is 194 Å². The molecule has 4 atom stereocenters. The lowest BCUT2D eigenvalue weighted by molar-refractivity contribution is 0.0987. The fourth-order valence-corrected chi connectivity index (χ4v) is 5.62. The molecule has 2 aliphatic carbocycles. The van der Waals surface area contributed by atoms with Gasteiger partial charge in [0.1, 0.15) is 11.9 Å². The molecule has 1 unspecified atom stereocenters. The normalized spacial score (nSPS) is 26.8. The number of hydrogen-bond acceptors (Lipinski definition) is 6. The molecule has 4 rings (SSSR count). The lowest BCUT2D eigenvalue weighted by Crippen LogP contribution is -2.24. The smallest absolute Gasteiger partial charge is 0.333 e. The van der Waals surface area contributed by atoms with Crippen LogP contribution < -0.4 is 9.88 Å². The van der Waals surface area contributed by atoms with Crippen molar-refractivity contribution in [2.24, 2.45) is 11.1 Å². The van der Waals surface area contributed by atoms with Crippen LogP contribution in [0.5, 0.6) is 5.75 Å². The quantitative estimate of drug-likeness (QED) is 0.627. The average molecular weight is 481 g/mol. The standard InChI is InChI=1S/C23H29ClN2O5S/c1-23(2)12-14(20-4-3-16(24)9-21(20)23)7-17-10-18(5-6-26-17)31-19-8-15(22(27)11-19)13-30-32(25,28)29/h3-6,9-10,14-15,19,22,27H,7-8,11-13H2,1-2H3,(H2,25,28,29)/t14?,15-,19+,22-/m0/s1. The summed E-state index contributed by atoms with van der Waals surface area (Å²) in [5, 5.41) is 15.9. The second kappa shape index (κ2) is 8.91. The third-order valence-electron chi connectivity index (χ3n) is 6.55. The van der Waals surface area contributed by atoms with Gasteiger partial charge < -0.3 is 9.84 Å². The predicted molar refractivity (Wildman–Crippen MR) is 122 cm³/mol. The number of aromatic nitrogens is 1. The van der Waals surface area contributed by atoms with E-state index in [4.69, 9.17) is 21.5 Å². The van der Waals surface area contributed by atoms with Crippen LogP contribution in [-0.4, -0.2) is 37.3 Å². The van der Waals surface area contributed by atoms with Gasteiger partial charge in [-0.15, -0.1) is 0 Å². The molecule has 0 spiro atoms. The Bertz CT molecular complexity index is 1090. The Morgan fingerprint density at radius 2 is 2.03 bits per heavy atom. The van der Waals surface area contributed by atoms with Crippen LogP contribution in [0.2, 0.25) is 5.02 Å². The highest BCUT2D eigenvalue weighted by molar-refractivity contribution is 7.84. The van der Waals surface area contributed by atoms with E-state index in [1.165, 1.54) is 11.1 Å². The first-order valence-electron chi connectivity index (χ1n) is 10.8. The van der Waals surface area contributed by atoms with Crippen LogP contribution in [0.4, 0.5) is 0 Å². The molecule has 1 aromatic carbocycles. The number of aliphatic hydroxyl groups is 1. The molecule has 0 bridgehead atoms. The number of ether oxygens (including phenoxy) is 1. The largest absolute Gasteiger partial charge is 0.490 e. The van der Waals surface area contributed by atoms with Crippen molar-refractivity contribution >= 4 is 21.9 Å². The van der Waals surface area contributed by atoms with Crippen molar-refractivity contribution in [3.05, 3.63) is 58.4 Å². The molecule has 7 nitrogen and oxygen atoms in total. The Hall–Kier alpha value is -1.71. The average Bonchev–Trinajstić information content (AvgIpc) is 3.16. The van der Waals surface area contributed by atoms with Crippen molar-refractivity contribution in [1.29, 1.82) is 0 Å². The van der Waals surface area contributed by atoms with Crippen molar-refractivity contribution in [2.45, 2.75) is 63.1 Å². The number of fused-ring (bicyclic) bond motifs is 1. The zero-order chi connectivity index (χ0) is 23.1. The summed E-state index contributed by atoms with van der Waals surface area (Å²) in [5.41, 5.74) is 3.63. The Morgan fingerprint density at radius 3 is 2.78 bits per heavy atom. The molecule has 1 heterocycles. The van der Waals surface area contributed by atoms with Crippen molar-refractivity contribution in [2.75, 3.05) is 6.61 Å². The molecule has 2 aromatic rings. The maximum Gasteiger partial charge on any atom is 0.333 e. The minimum atomic E-state index is -4.03. The second-order valence-electron chi connectivity index (χ2n) is 9.52. The highest BCUT2D eigenvalue weighted by Gasteiger charge is 2.37. The molecular weight excluding hydrogens is 452 g/mol. The molecule has 0 saturated heterocycles. The van der Waals surface area contributed by atoms with Gasteiger partial charge in [-0.3, -0.25) is 9.17 Å². The van der Waals surface area contributed by atoms with Crippen LogP contribution >= 0.6 is 11.6 Å². The SMILES string of the molecule is CC1(C)CC(Cc2cc(O[C@@H]3C[C@@H](COS(N)(=O)=O)[C@@H](O)C3)ccn2)c2ccc(Cl)cc21. The first kappa shape index (κ1) is 23.4. The molecular formula is C23H29ClN2O5S. The van der Waals surface area contributed by atoms with Gasteiger partial charge in [0.2, 0.25) is 0 Å². The summed E-state index contributed by atoms with van der Waals surface area (Å²) in [5.74, 6) is 0.700. The van der Waals surface area contributed by atoms with Gasteiger partial charge in [-0.05, 0) is 59.9 Å². The van der Waals surface area contributed by atoms with E-state index in [2.05, 4.69) is 35.1 Å². The summed E-state index contributed by atoms with van der Waals surface area (Å²) in [6, 6.07) is 9.90. The van der Waals surface area contributed by atoms with E-state index in [9.17, 15) is 13.5 Å². The Balaban J connectivity index is 1.41. The minimum absolute atomic E-state index is 0.0626. The number of hydrogen-bond donors (Lipinski definition) is 2. The Morgan fingerprint density at radius 1 is 1.25 bits per heavy atom. The van der Waals surface area contributed by atoms with Gasteiger partial charge in [-0.1, -0.05) is 31.5 Å². The van der Waals surface area contributed by atoms with Crippen LogP contribution in [0.3, 0.4) is 0 Å². The van der Waals surface area contributed by atoms with Crippen molar-refractivity contribution in [1.82, 2.24) is 4.98 Å². The van der Waals surface area contributed by atoms with Gasteiger partial charge in [0.15, 0.2) is 0 Å². The van der Waals surface area contributed by atoms with Crippen molar-refractivity contribution in [3.8, 4) is 5.75 Å². The van der Waals surface area contributed by atoms with Gasteiger partial charge in [0.05, 0.1) is 12.7 Å². The maximum atomic E-state index is 11.0. The lowest BCUT2D eigenvalue weighted by Gasteiger charge is -2.19. The molecule has 3 N–H and O–H groups in total. The first-order chi connectivity index (χ1) is 15.0. The topological polar surface area (TPSA) is 112 Å². The molecule has 32 heavy (non-hydrogen) atoms. The van der Waals surface area contributed by atoms with Crippen LogP contribution in [0, 0.1) is 5.92 Å². The van der Waals surface area contributed by atoms with Crippen molar-refractivity contribution < 1.29 is 22.4 Å². The van der Waals surface area contributed by atoms with Gasteiger partial charge in [0.25, 0.3) is 0 Å². The number of halogens is 1. The van der Waals surface area contributed by atoms with Crippen LogP contribution in [0.15, 0.2) is 36.5 Å². The zero-order valence-corrected chi connectivity index (χ0v) is 19.8. The van der Waals surface area contributed by atoms with E-state index in [0.29, 0.717) is 24.5 Å². The van der Waals surface area contributed by atoms with E-state index in [1.807, 2.05) is 12.1 Å². The summed E-state index contributed by atoms with van der Waals surface area (Å²) >= 11 is 6.23. The highest BCUT2D eigenvalue weighted by atomic mass is 35.5. The van der Waals surface area contributed by atoms with E-state index in [1.54, 1.807) is 12.3 Å². The van der Waals surface area contributed by atoms with Gasteiger partial charge in [-0.25, -0.2) is 5.14 Å². The molecule has 1 saturated carbocycles. The van der Waals surface area contributed by atoms with Crippen LogP contribution in [-0.2, 0) is 26.3 Å². The summed E-state index contributed by atoms with van der Waals surface area (Å²) in [4.78, 5) is 4.55. The molecule has 2 aliphatic rings. The van der Waals surface area contributed by atoms with Gasteiger partial charge >= 0.3 is 10.3 Å². The molecule has 0 radical (unpaired) electrons. The van der Waals surface area contributed by atoms with E-state index in [-0.39, 0.29) is 24.0 Å². The highest BCUT2D eigenvalue weighted by Crippen LogP contribution is 2.47. The first-order valence-corrected chi connectivity index (χ1v) is 12.6. The number of rotatable bonds is 7. The second-order valence-corrected chi connectivity index (χ2v) is 11.2. The summed E-state index contributed by atoms with van der Waals surface area (Å²) in [6.45, 7) is 4.34. The lowest BCUT2D eigenvalue weighted by atomic mass is 9.85. The molecule has 1 fully saturated rings. The molecule has 0 aliphatic heterocycles. The molecule has 174 valence electrons. The van der Waals surface area contributed by atoms with Crippen molar-refractivity contribution in [3.63, 3.8) is 0 Å². The van der Waals surface area contributed by atoms with Crippen LogP contribution in [0.25, 0.3) is 0 Å². The van der Waals surface area contributed by atoms with E-state index in [0.717, 1.165) is 23.6 Å². The molecule has 0 amide bonds. The number of benzene rings is 1. The third-order valence-corrected chi connectivity index (χ3v) is 7.25. The van der Waals surface area contributed by atoms with Gasteiger partial charge in [-0.2, -0.15) is 8.42 Å². The van der Waals surface area contributed by atoms with Crippen LogP contribution in [0.1, 0.15) is 55.8 Å². The number of nitrogens with zero attached hydrogens (tertiary/aromatic N) is 1. The summed E-state index contributed by atoms with van der Waals surface area (Å²) in [7, 11) is -4.03. The Kier molecular flexibility index (Phi) is 6.53. The predicted octanol–water partition coefficient (Wildman–Crippen LogP) is 3.48. The summed E-state index contributed by atoms with van der Waals surface area (Å²) < 4.78 is 32.7. The fourth-order valence-electron chi connectivity index (χ4n) is 5.08. The van der Waals surface area contributed by atoms with Gasteiger partial charge in [0, 0.05) is 35.3 Å². The maximum absolute atomic E-state index is 11.0. The number of nitrogens with two attached hydrogens (primary N) is 1. The zero-order valence-electron chi connectivity index (χ0n) is 18.2. The number of pyridine rings is 1. The summed E-state index contributed by atoms with van der Waals surface area (Å²) in [6.07, 6.45) is 3.51. The molecule has 1 aromatic heterocycles. The van der Waals surface area contributed by atoms with E-state index < -0.39 is 16.4 Å².